The van der Waals surface area contributed by atoms with Gasteiger partial charge in [0.1, 0.15) is 11.5 Å². The number of nitrogens with one attached hydrogen (secondary N) is 1. The molecule has 0 aliphatic heterocycles. The van der Waals surface area contributed by atoms with E-state index in [-0.39, 0.29) is 5.78 Å². The number of ether oxygens (including phenoxy) is 2. The van der Waals surface area contributed by atoms with Gasteiger partial charge in [0.2, 0.25) is 0 Å². The zero-order valence-corrected chi connectivity index (χ0v) is 16.8. The summed E-state index contributed by atoms with van der Waals surface area (Å²) in [5, 5.41) is 3.24. The molecule has 1 aromatic heterocycles. The van der Waals surface area contributed by atoms with Gasteiger partial charge in [-0.1, -0.05) is 30.3 Å². The summed E-state index contributed by atoms with van der Waals surface area (Å²) in [7, 11) is 1.65. The molecule has 0 spiro atoms. The third kappa shape index (κ3) is 3.49. The van der Waals surface area contributed by atoms with E-state index in [0.29, 0.717) is 6.61 Å². The lowest BCUT2D eigenvalue weighted by Gasteiger charge is -2.13. The van der Waals surface area contributed by atoms with Crippen LogP contribution in [0.4, 0.5) is 0 Å². The molecule has 1 heterocycles. The molecule has 0 aliphatic carbocycles. The molecule has 4 heteroatoms. The summed E-state index contributed by atoms with van der Waals surface area (Å²) in [6.07, 6.45) is 3.47. The van der Waals surface area contributed by atoms with Crippen molar-refractivity contribution < 1.29 is 14.3 Å². The van der Waals surface area contributed by atoms with Gasteiger partial charge in [0, 0.05) is 22.6 Å². The van der Waals surface area contributed by atoms with E-state index in [0.717, 1.165) is 50.0 Å². The number of hydrogen-bond acceptors (Lipinski definition) is 3. The van der Waals surface area contributed by atoms with E-state index in [1.54, 1.807) is 20.1 Å². The highest BCUT2D eigenvalue weighted by Gasteiger charge is 2.18. The van der Waals surface area contributed by atoms with Gasteiger partial charge in [0.25, 0.3) is 0 Å². The fraction of sp³-hybridized carbons (Fsp3) is 0.160. The number of benzene rings is 3. The molecule has 0 bridgehead atoms. The zero-order valence-electron chi connectivity index (χ0n) is 16.8. The summed E-state index contributed by atoms with van der Waals surface area (Å²) in [6.45, 7) is 4.10. The van der Waals surface area contributed by atoms with E-state index >= 15 is 0 Å². The lowest BCUT2D eigenvalue weighted by molar-refractivity contribution is -0.112. The number of fused-ring (bicyclic) bond motifs is 2. The number of rotatable bonds is 6. The van der Waals surface area contributed by atoms with Gasteiger partial charge in [-0.15, -0.1) is 0 Å². The van der Waals surface area contributed by atoms with Crippen LogP contribution in [0.3, 0.4) is 0 Å². The number of ketones is 1. The standard InChI is InChI=1S/C25H23NO3/c1-4-29-23-14-10-17-7-5-6-8-19(17)24(23)25-21(12-9-16(2)27)20-13-11-18(28-3)15-22(20)26-25/h5-15,26H,4H2,1-3H3/b12-9+. The van der Waals surface area contributed by atoms with Gasteiger partial charge in [-0.05, 0) is 55.0 Å². The van der Waals surface area contributed by atoms with Crippen molar-refractivity contribution in [2.24, 2.45) is 0 Å². The van der Waals surface area contributed by atoms with Crippen LogP contribution in [0, 0.1) is 0 Å². The van der Waals surface area contributed by atoms with Crippen molar-refractivity contribution in [2.75, 3.05) is 13.7 Å². The lowest BCUT2D eigenvalue weighted by Crippen LogP contribution is -1.96. The minimum absolute atomic E-state index is 0.00163. The maximum Gasteiger partial charge on any atom is 0.152 e. The molecule has 0 aliphatic rings. The Morgan fingerprint density at radius 3 is 2.66 bits per heavy atom. The molecule has 4 nitrogen and oxygen atoms in total. The molecule has 3 aromatic carbocycles. The van der Waals surface area contributed by atoms with E-state index < -0.39 is 0 Å². The van der Waals surface area contributed by atoms with Crippen LogP contribution < -0.4 is 9.47 Å². The minimum atomic E-state index is 0.00163. The van der Waals surface area contributed by atoms with Gasteiger partial charge in [-0.2, -0.15) is 0 Å². The van der Waals surface area contributed by atoms with Gasteiger partial charge in [0.15, 0.2) is 5.78 Å². The lowest BCUT2D eigenvalue weighted by atomic mass is 9.97. The van der Waals surface area contributed by atoms with Crippen molar-refractivity contribution >= 4 is 33.5 Å². The molecule has 0 saturated heterocycles. The van der Waals surface area contributed by atoms with E-state index in [1.807, 2.05) is 49.4 Å². The molecule has 4 rings (SSSR count). The number of aromatic amines is 1. The number of H-pyrrole nitrogens is 1. The number of aromatic nitrogens is 1. The second kappa shape index (κ2) is 7.84. The topological polar surface area (TPSA) is 51.3 Å². The third-order valence-corrected chi connectivity index (χ3v) is 4.97. The highest BCUT2D eigenvalue weighted by Crippen LogP contribution is 2.41. The largest absolute Gasteiger partial charge is 0.497 e. The fourth-order valence-corrected chi connectivity index (χ4v) is 3.68. The fourth-order valence-electron chi connectivity index (χ4n) is 3.68. The number of carbonyl (C=O) groups excluding carboxylic acids is 1. The molecular formula is C25H23NO3. The van der Waals surface area contributed by atoms with Crippen LogP contribution in [0.25, 0.3) is 39.0 Å². The first-order valence-electron chi connectivity index (χ1n) is 9.65. The van der Waals surface area contributed by atoms with Crippen LogP contribution in [0.1, 0.15) is 19.4 Å². The van der Waals surface area contributed by atoms with Crippen molar-refractivity contribution in [3.05, 3.63) is 66.2 Å². The van der Waals surface area contributed by atoms with Crippen LogP contribution in [-0.2, 0) is 4.79 Å². The van der Waals surface area contributed by atoms with Crippen LogP contribution in [0.15, 0.2) is 60.7 Å². The van der Waals surface area contributed by atoms with Crippen LogP contribution in [-0.4, -0.2) is 24.5 Å². The first-order valence-corrected chi connectivity index (χ1v) is 9.65. The molecule has 0 fully saturated rings. The molecule has 0 saturated carbocycles. The normalized spacial score (nSPS) is 11.4. The Morgan fingerprint density at radius 2 is 1.90 bits per heavy atom. The first-order chi connectivity index (χ1) is 14.1. The maximum absolute atomic E-state index is 11.7. The summed E-state index contributed by atoms with van der Waals surface area (Å²) in [4.78, 5) is 15.2. The molecular weight excluding hydrogens is 362 g/mol. The highest BCUT2D eigenvalue weighted by atomic mass is 16.5. The second-order valence-corrected chi connectivity index (χ2v) is 6.86. The molecule has 0 radical (unpaired) electrons. The highest BCUT2D eigenvalue weighted by molar-refractivity contribution is 6.07. The van der Waals surface area contributed by atoms with E-state index in [2.05, 4.69) is 23.2 Å². The molecule has 4 aromatic rings. The summed E-state index contributed by atoms with van der Waals surface area (Å²) in [5.74, 6) is 1.58. The van der Waals surface area contributed by atoms with Crippen molar-refractivity contribution in [3.8, 4) is 22.8 Å². The van der Waals surface area contributed by atoms with E-state index in [4.69, 9.17) is 9.47 Å². The maximum atomic E-state index is 11.7. The van der Waals surface area contributed by atoms with Gasteiger partial charge >= 0.3 is 0 Å². The van der Waals surface area contributed by atoms with Gasteiger partial charge < -0.3 is 14.5 Å². The number of carbonyl (C=O) groups is 1. The summed E-state index contributed by atoms with van der Waals surface area (Å²) >= 11 is 0. The van der Waals surface area contributed by atoms with Gasteiger partial charge in [-0.25, -0.2) is 0 Å². The summed E-state index contributed by atoms with van der Waals surface area (Å²) in [6, 6.07) is 18.2. The molecule has 1 N–H and O–H groups in total. The molecule has 146 valence electrons. The van der Waals surface area contributed by atoms with Crippen molar-refractivity contribution in [1.82, 2.24) is 4.98 Å². The Morgan fingerprint density at radius 1 is 1.07 bits per heavy atom. The number of methoxy groups -OCH3 is 1. The SMILES string of the molecule is CCOc1ccc2ccccc2c1-c1[nH]c2cc(OC)ccc2c1/C=C/C(C)=O. The van der Waals surface area contributed by atoms with Crippen LogP contribution in [0.2, 0.25) is 0 Å². The minimum Gasteiger partial charge on any atom is -0.497 e. The predicted molar refractivity (Wildman–Crippen MR) is 119 cm³/mol. The van der Waals surface area contributed by atoms with Gasteiger partial charge in [0.05, 0.1) is 24.9 Å². The predicted octanol–water partition coefficient (Wildman–Crippen LogP) is 6.00. The third-order valence-electron chi connectivity index (χ3n) is 4.97. The average molecular weight is 385 g/mol. The van der Waals surface area contributed by atoms with Crippen LogP contribution in [0.5, 0.6) is 11.5 Å². The Kier molecular flexibility index (Phi) is 5.09. The average Bonchev–Trinajstić information content (AvgIpc) is 3.09. The number of allylic oxidation sites excluding steroid dienone is 1. The van der Waals surface area contributed by atoms with E-state index in [9.17, 15) is 4.79 Å². The molecule has 0 atom stereocenters. The Balaban J connectivity index is 2.08. The van der Waals surface area contributed by atoms with E-state index in [1.165, 1.54) is 0 Å². The van der Waals surface area contributed by atoms with Gasteiger partial charge in [-0.3, -0.25) is 4.79 Å². The molecule has 29 heavy (non-hydrogen) atoms. The number of hydrogen-bond donors (Lipinski definition) is 1. The summed E-state index contributed by atoms with van der Waals surface area (Å²) in [5.41, 5.74) is 3.81. The monoisotopic (exact) mass is 385 g/mol. The summed E-state index contributed by atoms with van der Waals surface area (Å²) < 4.78 is 11.4. The van der Waals surface area contributed by atoms with Crippen molar-refractivity contribution in [3.63, 3.8) is 0 Å². The first kappa shape index (κ1) is 18.8. The molecule has 0 unspecified atom stereocenters. The zero-order chi connectivity index (χ0) is 20.4. The second-order valence-electron chi connectivity index (χ2n) is 6.86. The van der Waals surface area contributed by atoms with Crippen molar-refractivity contribution in [1.29, 1.82) is 0 Å². The Hall–Kier alpha value is -3.53. The smallest absolute Gasteiger partial charge is 0.152 e. The quantitative estimate of drug-likeness (QED) is 0.414. The van der Waals surface area contributed by atoms with Crippen molar-refractivity contribution in [2.45, 2.75) is 13.8 Å². The van der Waals surface area contributed by atoms with Crippen LogP contribution >= 0.6 is 0 Å². The Bertz CT molecular complexity index is 1230. The Labute approximate surface area is 169 Å². The molecule has 0 amide bonds.